The third-order valence-corrected chi connectivity index (χ3v) is 2.90. The zero-order valence-electron chi connectivity index (χ0n) is 10.2. The van der Waals surface area contributed by atoms with E-state index in [-0.39, 0.29) is 17.4 Å². The van der Waals surface area contributed by atoms with Crippen LogP contribution in [0.2, 0.25) is 0 Å². The predicted octanol–water partition coefficient (Wildman–Crippen LogP) is 1.22. The molecule has 0 amide bonds. The molecule has 6 heteroatoms. The maximum atomic E-state index is 11.5. The lowest BCUT2D eigenvalue weighted by atomic mass is 9.95. The summed E-state index contributed by atoms with van der Waals surface area (Å²) >= 11 is 3.41. The molecule has 1 atom stereocenters. The molecule has 1 rings (SSSR count). The molecule has 0 spiro atoms. The molecule has 0 saturated heterocycles. The van der Waals surface area contributed by atoms with E-state index < -0.39 is 5.41 Å². The number of alkyl halides is 1. The van der Waals surface area contributed by atoms with Gasteiger partial charge in [0.05, 0.1) is 23.9 Å². The highest BCUT2D eigenvalue weighted by molar-refractivity contribution is 9.09. The standard InChI is InChI=1S/C11H17BrN2O3/c1-11(2,10(15)16-3)6-17-8-4-7(12)5-14-9(8)13/h4,7H,5-6H2,1-3H3,(H2,13,14). The van der Waals surface area contributed by atoms with Crippen LogP contribution in [0.5, 0.6) is 0 Å². The summed E-state index contributed by atoms with van der Waals surface area (Å²) in [6.07, 6.45) is 1.84. The molecule has 96 valence electrons. The fraction of sp³-hybridized carbons (Fsp3) is 0.636. The lowest BCUT2D eigenvalue weighted by Gasteiger charge is -2.24. The average molecular weight is 305 g/mol. The minimum absolute atomic E-state index is 0.117. The van der Waals surface area contributed by atoms with Crippen LogP contribution >= 0.6 is 15.9 Å². The number of ether oxygens (including phenoxy) is 2. The van der Waals surface area contributed by atoms with Crippen molar-refractivity contribution in [2.45, 2.75) is 18.7 Å². The number of amidine groups is 1. The fourth-order valence-corrected chi connectivity index (χ4v) is 1.67. The predicted molar refractivity (Wildman–Crippen MR) is 69.0 cm³/mol. The van der Waals surface area contributed by atoms with Crippen molar-refractivity contribution < 1.29 is 14.3 Å². The second-order valence-electron chi connectivity index (χ2n) is 4.44. The number of esters is 1. The molecule has 17 heavy (non-hydrogen) atoms. The molecule has 1 aliphatic rings. The molecule has 1 unspecified atom stereocenters. The summed E-state index contributed by atoms with van der Waals surface area (Å²) in [5.74, 6) is 0.552. The highest BCUT2D eigenvalue weighted by Gasteiger charge is 2.30. The minimum atomic E-state index is -0.713. The molecule has 0 aromatic rings. The summed E-state index contributed by atoms with van der Waals surface area (Å²) < 4.78 is 10.2. The first kappa shape index (κ1) is 14.0. The number of halogens is 1. The summed E-state index contributed by atoms with van der Waals surface area (Å²) in [7, 11) is 1.36. The summed E-state index contributed by atoms with van der Waals surface area (Å²) in [5, 5.41) is 0. The molecular formula is C11H17BrN2O3. The van der Waals surface area contributed by atoms with Gasteiger partial charge in [-0.05, 0) is 19.9 Å². The Hall–Kier alpha value is -1.04. The van der Waals surface area contributed by atoms with Crippen molar-refractivity contribution >= 4 is 27.7 Å². The first-order chi connectivity index (χ1) is 7.86. The highest BCUT2D eigenvalue weighted by atomic mass is 79.9. The number of carbonyl (C=O) groups excluding carboxylic acids is 1. The minimum Gasteiger partial charge on any atom is -0.489 e. The quantitative estimate of drug-likeness (QED) is 0.626. The summed E-state index contributed by atoms with van der Waals surface area (Å²) in [4.78, 5) is 15.7. The van der Waals surface area contributed by atoms with Crippen LogP contribution in [-0.4, -0.2) is 36.9 Å². The number of aliphatic imine (C=N–C) groups is 1. The van der Waals surface area contributed by atoms with E-state index in [9.17, 15) is 4.79 Å². The number of dihydropyridines is 1. The largest absolute Gasteiger partial charge is 0.489 e. The van der Waals surface area contributed by atoms with Gasteiger partial charge in [0.1, 0.15) is 6.61 Å². The van der Waals surface area contributed by atoms with Gasteiger partial charge in [-0.3, -0.25) is 9.79 Å². The smallest absolute Gasteiger partial charge is 0.314 e. The average Bonchev–Trinajstić information content (AvgIpc) is 2.29. The SMILES string of the molecule is COC(=O)C(C)(C)COC1=CC(Br)CN=C1N. The number of methoxy groups -OCH3 is 1. The van der Waals surface area contributed by atoms with Crippen molar-refractivity contribution in [3.63, 3.8) is 0 Å². The Morgan fingerprint density at radius 1 is 1.71 bits per heavy atom. The van der Waals surface area contributed by atoms with E-state index >= 15 is 0 Å². The van der Waals surface area contributed by atoms with Gasteiger partial charge in [0, 0.05) is 0 Å². The molecule has 5 nitrogen and oxygen atoms in total. The Labute approximate surface area is 109 Å². The molecule has 0 aliphatic carbocycles. The second kappa shape index (κ2) is 5.53. The molecule has 0 bridgehead atoms. The number of carbonyl (C=O) groups is 1. The normalized spacial score (nSPS) is 20.4. The number of hydrogen-bond acceptors (Lipinski definition) is 5. The third kappa shape index (κ3) is 3.73. The maximum absolute atomic E-state index is 11.5. The Balaban J connectivity index is 2.62. The van der Waals surface area contributed by atoms with Gasteiger partial charge in [0.2, 0.25) is 0 Å². The number of nitrogens with two attached hydrogens (primary N) is 1. The van der Waals surface area contributed by atoms with Gasteiger partial charge in [0.25, 0.3) is 0 Å². The van der Waals surface area contributed by atoms with Crippen molar-refractivity contribution in [2.75, 3.05) is 20.3 Å². The molecule has 1 aliphatic heterocycles. The van der Waals surface area contributed by atoms with Gasteiger partial charge in [0.15, 0.2) is 11.6 Å². The lowest BCUT2D eigenvalue weighted by Crippen LogP contribution is -2.33. The molecule has 0 radical (unpaired) electrons. The van der Waals surface area contributed by atoms with Crippen LogP contribution in [0, 0.1) is 5.41 Å². The fourth-order valence-electron chi connectivity index (χ4n) is 1.28. The molecule has 1 heterocycles. The van der Waals surface area contributed by atoms with E-state index in [1.807, 2.05) is 6.08 Å². The molecule has 0 aromatic carbocycles. The van der Waals surface area contributed by atoms with E-state index in [0.29, 0.717) is 18.1 Å². The first-order valence-electron chi connectivity index (χ1n) is 5.24. The van der Waals surface area contributed by atoms with Gasteiger partial charge in [-0.25, -0.2) is 0 Å². The number of rotatable bonds is 4. The van der Waals surface area contributed by atoms with Crippen molar-refractivity contribution in [3.05, 3.63) is 11.8 Å². The van der Waals surface area contributed by atoms with Crippen molar-refractivity contribution in [2.24, 2.45) is 16.1 Å². The summed E-state index contributed by atoms with van der Waals surface area (Å²) in [6.45, 7) is 4.29. The van der Waals surface area contributed by atoms with E-state index in [2.05, 4.69) is 20.9 Å². The van der Waals surface area contributed by atoms with Crippen LogP contribution < -0.4 is 5.73 Å². The Bertz CT molecular complexity index is 364. The molecule has 0 aromatic heterocycles. The van der Waals surface area contributed by atoms with Gasteiger partial charge >= 0.3 is 5.97 Å². The molecule has 2 N–H and O–H groups in total. The summed E-state index contributed by atoms with van der Waals surface area (Å²) in [6, 6.07) is 0. The number of hydrogen-bond donors (Lipinski definition) is 1. The number of nitrogens with zero attached hydrogens (tertiary/aromatic N) is 1. The van der Waals surface area contributed by atoms with Gasteiger partial charge in [-0.15, -0.1) is 0 Å². The van der Waals surface area contributed by atoms with Gasteiger partial charge in [-0.1, -0.05) is 15.9 Å². The highest BCUT2D eigenvalue weighted by Crippen LogP contribution is 2.21. The summed E-state index contributed by atoms with van der Waals surface area (Å²) in [5.41, 5.74) is 4.99. The Morgan fingerprint density at radius 2 is 2.35 bits per heavy atom. The zero-order valence-corrected chi connectivity index (χ0v) is 11.8. The topological polar surface area (TPSA) is 73.9 Å². The molecule has 0 saturated carbocycles. The zero-order chi connectivity index (χ0) is 13.1. The van der Waals surface area contributed by atoms with Gasteiger partial charge < -0.3 is 15.2 Å². The third-order valence-electron chi connectivity index (χ3n) is 2.35. The van der Waals surface area contributed by atoms with E-state index in [1.54, 1.807) is 13.8 Å². The van der Waals surface area contributed by atoms with Gasteiger partial charge in [-0.2, -0.15) is 0 Å². The van der Waals surface area contributed by atoms with Crippen LogP contribution in [0.15, 0.2) is 16.8 Å². The van der Waals surface area contributed by atoms with Crippen LogP contribution in [0.3, 0.4) is 0 Å². The molecule has 0 fully saturated rings. The lowest BCUT2D eigenvalue weighted by molar-refractivity contribution is -0.153. The monoisotopic (exact) mass is 304 g/mol. The second-order valence-corrected chi connectivity index (χ2v) is 5.61. The van der Waals surface area contributed by atoms with Crippen molar-refractivity contribution in [1.82, 2.24) is 0 Å². The van der Waals surface area contributed by atoms with Crippen LogP contribution in [0.25, 0.3) is 0 Å². The Kier molecular flexibility index (Phi) is 4.56. The Morgan fingerprint density at radius 3 is 2.94 bits per heavy atom. The van der Waals surface area contributed by atoms with Crippen LogP contribution in [0.1, 0.15) is 13.8 Å². The van der Waals surface area contributed by atoms with Crippen molar-refractivity contribution in [3.8, 4) is 0 Å². The van der Waals surface area contributed by atoms with Crippen LogP contribution in [-0.2, 0) is 14.3 Å². The van der Waals surface area contributed by atoms with E-state index in [1.165, 1.54) is 7.11 Å². The van der Waals surface area contributed by atoms with Crippen molar-refractivity contribution in [1.29, 1.82) is 0 Å². The molecular weight excluding hydrogens is 288 g/mol. The van der Waals surface area contributed by atoms with E-state index in [0.717, 1.165) is 0 Å². The maximum Gasteiger partial charge on any atom is 0.314 e. The van der Waals surface area contributed by atoms with Crippen LogP contribution in [0.4, 0.5) is 0 Å². The first-order valence-corrected chi connectivity index (χ1v) is 6.16. The van der Waals surface area contributed by atoms with E-state index in [4.69, 9.17) is 15.2 Å².